The Hall–Kier alpha value is -2.65. The van der Waals surface area contributed by atoms with Crippen molar-refractivity contribution in [2.45, 2.75) is 4.90 Å². The fourth-order valence-electron chi connectivity index (χ4n) is 2.04. The highest BCUT2D eigenvalue weighted by Crippen LogP contribution is 2.34. The van der Waals surface area contributed by atoms with E-state index in [-0.39, 0.29) is 11.7 Å². The van der Waals surface area contributed by atoms with Crippen molar-refractivity contribution in [1.82, 2.24) is 4.72 Å². The van der Waals surface area contributed by atoms with Gasteiger partial charge in [0.25, 0.3) is 0 Å². The second kappa shape index (κ2) is 6.46. The van der Waals surface area contributed by atoms with Gasteiger partial charge in [-0.25, -0.2) is 17.5 Å². The zero-order valence-electron chi connectivity index (χ0n) is 12.3. The number of fused-ring (bicyclic) bond motifs is 1. The molecule has 0 unspecified atom stereocenters. The zero-order chi connectivity index (χ0) is 17.2. The third kappa shape index (κ3) is 3.63. The van der Waals surface area contributed by atoms with Gasteiger partial charge in [0.2, 0.25) is 22.7 Å². The molecule has 0 saturated carbocycles. The lowest BCUT2D eigenvalue weighted by Crippen LogP contribution is -2.32. The van der Waals surface area contributed by atoms with Crippen molar-refractivity contribution < 1.29 is 27.1 Å². The molecular formula is C15H13FN2O5S. The Labute approximate surface area is 137 Å². The first-order chi connectivity index (χ1) is 11.4. The summed E-state index contributed by atoms with van der Waals surface area (Å²) in [4.78, 5) is 11.7. The van der Waals surface area contributed by atoms with Gasteiger partial charge < -0.3 is 14.8 Å². The fourth-order valence-corrected chi connectivity index (χ4v) is 3.02. The van der Waals surface area contributed by atoms with Crippen LogP contribution in [0.3, 0.4) is 0 Å². The minimum absolute atomic E-state index is 0.115. The number of halogens is 1. The lowest BCUT2D eigenvalue weighted by Gasteiger charge is -2.08. The zero-order valence-corrected chi connectivity index (χ0v) is 13.1. The number of ether oxygens (including phenoxy) is 2. The predicted molar refractivity (Wildman–Crippen MR) is 82.8 cm³/mol. The van der Waals surface area contributed by atoms with E-state index < -0.39 is 28.3 Å². The third-order valence-electron chi connectivity index (χ3n) is 3.20. The summed E-state index contributed by atoms with van der Waals surface area (Å²) in [5, 5.41) is 2.54. The van der Waals surface area contributed by atoms with E-state index in [0.717, 1.165) is 24.3 Å². The first-order valence-electron chi connectivity index (χ1n) is 6.89. The summed E-state index contributed by atoms with van der Waals surface area (Å²) in [6.07, 6.45) is 0. The van der Waals surface area contributed by atoms with Crippen molar-refractivity contribution in [2.24, 2.45) is 0 Å². The van der Waals surface area contributed by atoms with Crippen LogP contribution in [0.15, 0.2) is 47.4 Å². The number of carbonyl (C=O) groups is 1. The number of carbonyl (C=O) groups excluding carboxylic acids is 1. The summed E-state index contributed by atoms with van der Waals surface area (Å²) in [7, 11) is -3.90. The van der Waals surface area contributed by atoms with Gasteiger partial charge in [-0.3, -0.25) is 4.79 Å². The summed E-state index contributed by atoms with van der Waals surface area (Å²) in [6, 6.07) is 9.12. The number of rotatable bonds is 5. The topological polar surface area (TPSA) is 93.7 Å². The number of sulfonamides is 1. The molecule has 0 radical (unpaired) electrons. The molecule has 1 aliphatic heterocycles. The van der Waals surface area contributed by atoms with E-state index in [2.05, 4.69) is 10.0 Å². The van der Waals surface area contributed by atoms with Crippen LogP contribution in [0.2, 0.25) is 0 Å². The molecular weight excluding hydrogens is 339 g/mol. The molecule has 9 heteroatoms. The molecule has 2 N–H and O–H groups in total. The van der Waals surface area contributed by atoms with E-state index in [1.807, 2.05) is 0 Å². The van der Waals surface area contributed by atoms with Crippen molar-refractivity contribution in [3.05, 3.63) is 48.3 Å². The lowest BCUT2D eigenvalue weighted by molar-refractivity contribution is -0.115. The Balaban J connectivity index is 1.60. The Morgan fingerprint density at radius 3 is 2.54 bits per heavy atom. The van der Waals surface area contributed by atoms with E-state index in [4.69, 9.17) is 9.47 Å². The van der Waals surface area contributed by atoms with Crippen LogP contribution in [-0.2, 0) is 14.8 Å². The van der Waals surface area contributed by atoms with Crippen LogP contribution in [0.5, 0.6) is 11.5 Å². The van der Waals surface area contributed by atoms with Crippen molar-refractivity contribution in [3.63, 3.8) is 0 Å². The molecule has 2 aromatic rings. The summed E-state index contributed by atoms with van der Waals surface area (Å²) in [5.74, 6) is -0.0289. The van der Waals surface area contributed by atoms with Gasteiger partial charge in [-0.05, 0) is 36.4 Å². The molecule has 0 aliphatic carbocycles. The molecule has 2 aromatic carbocycles. The molecule has 1 amide bonds. The molecule has 126 valence electrons. The highest BCUT2D eigenvalue weighted by molar-refractivity contribution is 7.89. The van der Waals surface area contributed by atoms with Gasteiger partial charge in [-0.15, -0.1) is 0 Å². The summed E-state index contributed by atoms with van der Waals surface area (Å²) in [6.45, 7) is -0.349. The molecule has 3 rings (SSSR count). The van der Waals surface area contributed by atoms with Crippen molar-refractivity contribution in [2.75, 3.05) is 18.7 Å². The Morgan fingerprint density at radius 2 is 1.79 bits per heavy atom. The molecule has 1 aliphatic rings. The van der Waals surface area contributed by atoms with Crippen molar-refractivity contribution in [1.29, 1.82) is 0 Å². The van der Waals surface area contributed by atoms with Gasteiger partial charge in [0, 0.05) is 11.8 Å². The number of hydrogen-bond donors (Lipinski definition) is 2. The number of nitrogens with one attached hydrogen (secondary N) is 2. The molecule has 24 heavy (non-hydrogen) atoms. The molecule has 0 spiro atoms. The lowest BCUT2D eigenvalue weighted by atomic mass is 10.3. The number of benzene rings is 2. The SMILES string of the molecule is O=C(CNS(=O)(=O)c1ccc(F)cc1)Nc1ccc2c(c1)OCO2. The quantitative estimate of drug-likeness (QED) is 0.850. The second-order valence-electron chi connectivity index (χ2n) is 4.89. The van der Waals surface area contributed by atoms with E-state index in [1.165, 1.54) is 0 Å². The molecule has 1 heterocycles. The van der Waals surface area contributed by atoms with Crippen LogP contribution in [0, 0.1) is 5.82 Å². The van der Waals surface area contributed by atoms with Crippen molar-refractivity contribution in [3.8, 4) is 11.5 Å². The molecule has 0 saturated heterocycles. The third-order valence-corrected chi connectivity index (χ3v) is 4.62. The maximum atomic E-state index is 12.8. The summed E-state index contributed by atoms with van der Waals surface area (Å²) >= 11 is 0. The highest BCUT2D eigenvalue weighted by Gasteiger charge is 2.17. The number of amides is 1. The normalized spacial score (nSPS) is 12.9. The predicted octanol–water partition coefficient (Wildman–Crippen LogP) is 1.47. The fraction of sp³-hybridized carbons (Fsp3) is 0.133. The number of anilines is 1. The molecule has 0 atom stereocenters. The van der Waals surface area contributed by atoms with E-state index in [9.17, 15) is 17.6 Å². The van der Waals surface area contributed by atoms with Crippen LogP contribution >= 0.6 is 0 Å². The smallest absolute Gasteiger partial charge is 0.241 e. The van der Waals surface area contributed by atoms with E-state index >= 15 is 0 Å². The van der Waals surface area contributed by atoms with Gasteiger partial charge in [-0.1, -0.05) is 0 Å². The second-order valence-corrected chi connectivity index (χ2v) is 6.66. The minimum Gasteiger partial charge on any atom is -0.454 e. The van der Waals surface area contributed by atoms with E-state index in [0.29, 0.717) is 17.2 Å². The monoisotopic (exact) mass is 352 g/mol. The van der Waals surface area contributed by atoms with Crippen LogP contribution in [0.25, 0.3) is 0 Å². The Morgan fingerprint density at radius 1 is 1.08 bits per heavy atom. The van der Waals surface area contributed by atoms with Gasteiger partial charge in [-0.2, -0.15) is 0 Å². The van der Waals surface area contributed by atoms with Crippen molar-refractivity contribution >= 4 is 21.6 Å². The van der Waals surface area contributed by atoms with Gasteiger partial charge in [0.1, 0.15) is 5.82 Å². The molecule has 0 bridgehead atoms. The first kappa shape index (κ1) is 16.2. The minimum atomic E-state index is -3.90. The van der Waals surface area contributed by atoms with Crippen LogP contribution in [0.4, 0.5) is 10.1 Å². The maximum Gasteiger partial charge on any atom is 0.241 e. The number of hydrogen-bond acceptors (Lipinski definition) is 5. The van der Waals surface area contributed by atoms with Gasteiger partial charge in [0.05, 0.1) is 11.4 Å². The molecule has 0 aromatic heterocycles. The Bertz CT molecular complexity index is 868. The standard InChI is InChI=1S/C15H13FN2O5S/c16-10-1-4-12(5-2-10)24(20,21)17-8-15(19)18-11-3-6-13-14(7-11)23-9-22-13/h1-7,17H,8-9H2,(H,18,19). The van der Waals surface area contributed by atoms with E-state index in [1.54, 1.807) is 18.2 Å². The Kier molecular flexibility index (Phi) is 4.36. The largest absolute Gasteiger partial charge is 0.454 e. The van der Waals surface area contributed by atoms with Gasteiger partial charge >= 0.3 is 0 Å². The van der Waals surface area contributed by atoms with Crippen LogP contribution in [-0.4, -0.2) is 27.7 Å². The van der Waals surface area contributed by atoms with Crippen LogP contribution < -0.4 is 19.5 Å². The molecule has 0 fully saturated rings. The first-order valence-corrected chi connectivity index (χ1v) is 8.37. The summed E-state index contributed by atoms with van der Waals surface area (Å²) in [5.41, 5.74) is 0.449. The average Bonchev–Trinajstić information content (AvgIpc) is 3.01. The maximum absolute atomic E-state index is 12.8. The van der Waals surface area contributed by atoms with Gasteiger partial charge in [0.15, 0.2) is 11.5 Å². The summed E-state index contributed by atoms with van der Waals surface area (Å²) < 4.78 is 49.3. The molecule has 7 nitrogen and oxygen atoms in total. The average molecular weight is 352 g/mol. The van der Waals surface area contributed by atoms with Crippen LogP contribution in [0.1, 0.15) is 0 Å². The highest BCUT2D eigenvalue weighted by atomic mass is 32.2.